The van der Waals surface area contributed by atoms with Crippen LogP contribution in [-0.4, -0.2) is 56.7 Å². The Morgan fingerprint density at radius 1 is 0.909 bits per heavy atom. The van der Waals surface area contributed by atoms with E-state index in [1.54, 1.807) is 12.4 Å². The second-order valence-corrected chi connectivity index (χ2v) is 10.3. The van der Waals surface area contributed by atoms with Crippen molar-refractivity contribution in [3.05, 3.63) is 48.0 Å². The van der Waals surface area contributed by atoms with Gasteiger partial charge in [0, 0.05) is 49.7 Å². The Morgan fingerprint density at radius 2 is 1.52 bits per heavy atom. The SMILES string of the molecule is CC(C)C(C)(c1ccc(-c2cnc(N)nc2)cc1)c1noc(N2CCN(C(C)(C)C)CC2)n1. The van der Waals surface area contributed by atoms with Crippen molar-refractivity contribution in [1.82, 2.24) is 25.0 Å². The second kappa shape index (κ2) is 8.74. The Bertz CT molecular complexity index is 1060. The van der Waals surface area contributed by atoms with Crippen LogP contribution < -0.4 is 10.6 Å². The van der Waals surface area contributed by atoms with E-state index < -0.39 is 0 Å². The molecule has 1 aromatic carbocycles. The topological polar surface area (TPSA) is 97.2 Å². The first-order valence-electron chi connectivity index (χ1n) is 11.6. The van der Waals surface area contributed by atoms with Gasteiger partial charge >= 0.3 is 6.01 Å². The lowest BCUT2D eigenvalue weighted by Gasteiger charge is -2.41. The van der Waals surface area contributed by atoms with Gasteiger partial charge in [-0.1, -0.05) is 43.3 Å². The van der Waals surface area contributed by atoms with Gasteiger partial charge in [0.05, 0.1) is 5.41 Å². The van der Waals surface area contributed by atoms with Crippen LogP contribution in [0.3, 0.4) is 0 Å². The van der Waals surface area contributed by atoms with Gasteiger partial charge in [-0.2, -0.15) is 4.98 Å². The van der Waals surface area contributed by atoms with E-state index in [1.165, 1.54) is 0 Å². The molecule has 33 heavy (non-hydrogen) atoms. The lowest BCUT2D eigenvalue weighted by Crippen LogP contribution is -2.53. The molecule has 0 spiro atoms. The van der Waals surface area contributed by atoms with E-state index in [0.717, 1.165) is 42.9 Å². The molecule has 8 heteroatoms. The van der Waals surface area contributed by atoms with Crippen LogP contribution in [0.15, 0.2) is 41.2 Å². The first-order chi connectivity index (χ1) is 15.6. The molecule has 1 unspecified atom stereocenters. The maximum atomic E-state index is 5.76. The van der Waals surface area contributed by atoms with Crippen LogP contribution in [0.4, 0.5) is 12.0 Å². The van der Waals surface area contributed by atoms with Gasteiger partial charge in [0.2, 0.25) is 5.95 Å². The van der Waals surface area contributed by atoms with Crippen molar-refractivity contribution in [2.45, 2.75) is 52.5 Å². The monoisotopic (exact) mass is 449 g/mol. The van der Waals surface area contributed by atoms with Gasteiger partial charge in [0.25, 0.3) is 0 Å². The molecule has 0 aliphatic carbocycles. The van der Waals surface area contributed by atoms with Gasteiger partial charge in [-0.25, -0.2) is 9.97 Å². The van der Waals surface area contributed by atoms with Crippen molar-refractivity contribution in [3.63, 3.8) is 0 Å². The minimum atomic E-state index is -0.384. The summed E-state index contributed by atoms with van der Waals surface area (Å²) >= 11 is 0. The van der Waals surface area contributed by atoms with Crippen LogP contribution in [-0.2, 0) is 5.41 Å². The van der Waals surface area contributed by atoms with Gasteiger partial charge in [-0.05, 0) is 44.7 Å². The number of hydrogen-bond acceptors (Lipinski definition) is 8. The lowest BCUT2D eigenvalue weighted by atomic mass is 9.72. The Kier molecular flexibility index (Phi) is 6.14. The molecule has 1 atom stereocenters. The van der Waals surface area contributed by atoms with E-state index in [4.69, 9.17) is 15.2 Å². The van der Waals surface area contributed by atoms with Crippen LogP contribution in [0.1, 0.15) is 52.9 Å². The number of benzene rings is 1. The molecular weight excluding hydrogens is 414 g/mol. The average Bonchev–Trinajstić information content (AvgIpc) is 3.29. The quantitative estimate of drug-likeness (QED) is 0.624. The fourth-order valence-electron chi connectivity index (χ4n) is 4.34. The fraction of sp³-hybridized carbons (Fsp3) is 0.520. The molecule has 176 valence electrons. The third kappa shape index (κ3) is 4.57. The number of nitrogens with zero attached hydrogens (tertiary/aromatic N) is 6. The molecule has 4 rings (SSSR count). The number of nitrogen functional groups attached to an aromatic ring is 1. The molecule has 3 aromatic rings. The van der Waals surface area contributed by atoms with Gasteiger partial charge in [-0.15, -0.1) is 0 Å². The summed E-state index contributed by atoms with van der Waals surface area (Å²) in [4.78, 5) is 17.8. The molecule has 1 saturated heterocycles. The smallest absolute Gasteiger partial charge is 0.324 e. The van der Waals surface area contributed by atoms with E-state index in [1.807, 2.05) is 0 Å². The Morgan fingerprint density at radius 3 is 2.06 bits per heavy atom. The summed E-state index contributed by atoms with van der Waals surface area (Å²) in [6.07, 6.45) is 3.48. The van der Waals surface area contributed by atoms with Crippen molar-refractivity contribution in [3.8, 4) is 11.1 Å². The zero-order valence-corrected chi connectivity index (χ0v) is 20.5. The second-order valence-electron chi connectivity index (χ2n) is 10.3. The van der Waals surface area contributed by atoms with E-state index in [2.05, 4.69) is 90.7 Å². The Labute approximate surface area is 196 Å². The zero-order valence-electron chi connectivity index (χ0n) is 20.5. The van der Waals surface area contributed by atoms with Crippen LogP contribution >= 0.6 is 0 Å². The summed E-state index contributed by atoms with van der Waals surface area (Å²) in [6.45, 7) is 17.1. The molecule has 0 radical (unpaired) electrons. The summed E-state index contributed by atoms with van der Waals surface area (Å²) in [5.74, 6) is 1.26. The van der Waals surface area contributed by atoms with E-state index in [9.17, 15) is 0 Å². The highest BCUT2D eigenvalue weighted by atomic mass is 16.5. The highest BCUT2D eigenvalue weighted by Crippen LogP contribution is 2.39. The zero-order chi connectivity index (χ0) is 23.8. The number of piperazine rings is 1. The maximum absolute atomic E-state index is 5.76. The van der Waals surface area contributed by atoms with Crippen LogP contribution in [0.2, 0.25) is 0 Å². The molecule has 0 amide bonds. The number of anilines is 2. The predicted octanol–water partition coefficient (Wildman–Crippen LogP) is 3.99. The molecule has 2 aromatic heterocycles. The number of hydrogen-bond donors (Lipinski definition) is 1. The predicted molar refractivity (Wildman–Crippen MR) is 131 cm³/mol. The minimum absolute atomic E-state index is 0.174. The summed E-state index contributed by atoms with van der Waals surface area (Å²) in [5.41, 5.74) is 8.51. The molecule has 2 N–H and O–H groups in total. The van der Waals surface area contributed by atoms with Gasteiger partial charge in [0.1, 0.15) is 0 Å². The summed E-state index contributed by atoms with van der Waals surface area (Å²) in [6, 6.07) is 9.03. The van der Waals surface area contributed by atoms with Crippen molar-refractivity contribution >= 4 is 12.0 Å². The van der Waals surface area contributed by atoms with Gasteiger partial charge < -0.3 is 15.2 Å². The summed E-state index contributed by atoms with van der Waals surface area (Å²) in [7, 11) is 0. The lowest BCUT2D eigenvalue weighted by molar-refractivity contribution is 0.126. The number of nitrogens with two attached hydrogens (primary N) is 1. The average molecular weight is 450 g/mol. The minimum Gasteiger partial charge on any atom is -0.368 e. The molecule has 1 fully saturated rings. The number of rotatable bonds is 5. The summed E-state index contributed by atoms with van der Waals surface area (Å²) < 4.78 is 5.76. The molecule has 8 nitrogen and oxygen atoms in total. The maximum Gasteiger partial charge on any atom is 0.324 e. The number of aromatic nitrogens is 4. The first-order valence-corrected chi connectivity index (χ1v) is 11.6. The molecule has 3 heterocycles. The van der Waals surface area contributed by atoms with Crippen molar-refractivity contribution in [2.75, 3.05) is 36.8 Å². The molecule has 1 aliphatic heterocycles. The van der Waals surface area contributed by atoms with Crippen molar-refractivity contribution < 1.29 is 4.52 Å². The van der Waals surface area contributed by atoms with E-state index in [0.29, 0.717) is 11.8 Å². The van der Waals surface area contributed by atoms with Crippen molar-refractivity contribution in [1.29, 1.82) is 0 Å². The molecular formula is C25H35N7O. The highest BCUT2D eigenvalue weighted by molar-refractivity contribution is 5.62. The largest absolute Gasteiger partial charge is 0.368 e. The van der Waals surface area contributed by atoms with E-state index >= 15 is 0 Å². The summed E-state index contributed by atoms with van der Waals surface area (Å²) in [5, 5.41) is 4.44. The van der Waals surface area contributed by atoms with Gasteiger partial charge in [0.15, 0.2) is 5.82 Å². The van der Waals surface area contributed by atoms with Crippen LogP contribution in [0.5, 0.6) is 0 Å². The Balaban J connectivity index is 1.56. The fourth-order valence-corrected chi connectivity index (χ4v) is 4.34. The molecule has 0 saturated carbocycles. The standard InChI is InChI=1S/C25H35N7O/c1-17(2)25(6,20-9-7-18(8-10-20)19-15-27-22(26)28-16-19)21-29-23(33-30-21)31-11-13-32(14-12-31)24(3,4)5/h7-10,15-17H,11-14H2,1-6H3,(H2,26,27,28). The molecule has 0 bridgehead atoms. The van der Waals surface area contributed by atoms with Crippen LogP contribution in [0, 0.1) is 5.92 Å². The van der Waals surface area contributed by atoms with Crippen LogP contribution in [0.25, 0.3) is 11.1 Å². The van der Waals surface area contributed by atoms with E-state index in [-0.39, 0.29) is 22.8 Å². The Hall–Kier alpha value is -3.00. The van der Waals surface area contributed by atoms with Crippen molar-refractivity contribution in [2.24, 2.45) is 5.92 Å². The third-order valence-electron chi connectivity index (χ3n) is 7.02. The first kappa shape index (κ1) is 23.2. The normalized spacial score (nSPS) is 17.4. The van der Waals surface area contributed by atoms with Gasteiger partial charge in [-0.3, -0.25) is 4.90 Å². The third-order valence-corrected chi connectivity index (χ3v) is 7.02. The highest BCUT2D eigenvalue weighted by Gasteiger charge is 2.38. The molecule has 1 aliphatic rings.